The van der Waals surface area contributed by atoms with Crippen molar-refractivity contribution < 1.29 is 17.9 Å². The van der Waals surface area contributed by atoms with E-state index in [9.17, 15) is 18.0 Å². The highest BCUT2D eigenvalue weighted by Crippen LogP contribution is 2.43. The van der Waals surface area contributed by atoms with Gasteiger partial charge in [0.1, 0.15) is 23.0 Å². The van der Waals surface area contributed by atoms with Crippen LogP contribution in [0.15, 0.2) is 29.2 Å². The molecule has 33 heavy (non-hydrogen) atoms. The average Bonchev–Trinajstić information content (AvgIpc) is 3.47. The van der Waals surface area contributed by atoms with Crippen molar-refractivity contribution in [2.75, 3.05) is 11.9 Å². The van der Waals surface area contributed by atoms with Crippen molar-refractivity contribution in [3.8, 4) is 5.75 Å². The lowest BCUT2D eigenvalue weighted by atomic mass is 10.0. The third kappa shape index (κ3) is 4.16. The van der Waals surface area contributed by atoms with Gasteiger partial charge in [0.25, 0.3) is 11.5 Å². The molecule has 1 atom stereocenters. The van der Waals surface area contributed by atoms with Crippen LogP contribution in [0.1, 0.15) is 63.5 Å². The van der Waals surface area contributed by atoms with Gasteiger partial charge in [-0.05, 0) is 40.5 Å². The summed E-state index contributed by atoms with van der Waals surface area (Å²) in [6.45, 7) is 8.08. The number of nitrogens with zero attached hydrogens (tertiary/aromatic N) is 3. The van der Waals surface area contributed by atoms with Gasteiger partial charge in [-0.2, -0.15) is 0 Å². The summed E-state index contributed by atoms with van der Waals surface area (Å²) in [6.07, 6.45) is 3.42. The summed E-state index contributed by atoms with van der Waals surface area (Å²) in [4.78, 5) is 22.1. The Bertz CT molecular complexity index is 1280. The summed E-state index contributed by atoms with van der Waals surface area (Å²) in [5.74, 6) is -3.36. The van der Waals surface area contributed by atoms with Crippen LogP contribution < -0.4 is 15.6 Å². The summed E-state index contributed by atoms with van der Waals surface area (Å²) in [7, 11) is 0. The molecule has 1 aromatic carbocycles. The molecule has 1 aliphatic rings. The van der Waals surface area contributed by atoms with E-state index in [0.29, 0.717) is 29.5 Å². The number of hydrogen-bond acceptors (Lipinski definition) is 5. The monoisotopic (exact) mass is 460 g/mol. The van der Waals surface area contributed by atoms with Crippen LogP contribution in [0.2, 0.25) is 0 Å². The Balaban J connectivity index is 1.85. The average molecular weight is 461 g/mol. The van der Waals surface area contributed by atoms with E-state index in [-0.39, 0.29) is 29.0 Å². The molecule has 0 radical (unpaired) electrons. The van der Waals surface area contributed by atoms with E-state index in [2.05, 4.69) is 15.3 Å². The second-order valence-electron chi connectivity index (χ2n) is 8.91. The van der Waals surface area contributed by atoms with Gasteiger partial charge in [-0.1, -0.05) is 18.2 Å². The van der Waals surface area contributed by atoms with Crippen molar-refractivity contribution in [1.82, 2.24) is 14.5 Å². The molecule has 1 saturated carbocycles. The topological polar surface area (TPSA) is 69.0 Å². The highest BCUT2D eigenvalue weighted by Gasteiger charge is 2.41. The lowest BCUT2D eigenvalue weighted by Gasteiger charge is -2.22. The Morgan fingerprint density at radius 1 is 1.30 bits per heavy atom. The van der Waals surface area contributed by atoms with Gasteiger partial charge in [-0.15, -0.1) is 0 Å². The molecule has 6 nitrogen and oxygen atoms in total. The number of anilines is 1. The molecular weight excluding hydrogens is 433 g/mol. The summed E-state index contributed by atoms with van der Waals surface area (Å²) in [5.41, 5.74) is -0.778. The normalized spacial score (nSPS) is 16.0. The van der Waals surface area contributed by atoms with E-state index < -0.39 is 23.3 Å². The van der Waals surface area contributed by atoms with E-state index in [1.807, 2.05) is 6.92 Å². The summed E-state index contributed by atoms with van der Waals surface area (Å²) >= 11 is 0. The molecular formula is C24H27F3N4O2. The number of rotatable bonds is 7. The maximum atomic E-state index is 14.9. The Morgan fingerprint density at radius 2 is 2.00 bits per heavy atom. The molecule has 2 aromatic heterocycles. The van der Waals surface area contributed by atoms with Crippen molar-refractivity contribution in [2.24, 2.45) is 0 Å². The molecule has 4 rings (SSSR count). The van der Waals surface area contributed by atoms with Crippen molar-refractivity contribution in [2.45, 2.75) is 65.0 Å². The molecule has 0 unspecified atom stereocenters. The van der Waals surface area contributed by atoms with Crippen LogP contribution in [0, 0.1) is 12.7 Å². The summed E-state index contributed by atoms with van der Waals surface area (Å²) in [6, 6.07) is 3.27. The number of halogens is 3. The number of alkyl halides is 2. The van der Waals surface area contributed by atoms with Crippen LogP contribution in [0.4, 0.5) is 19.0 Å². The second kappa shape index (κ2) is 8.04. The van der Waals surface area contributed by atoms with Gasteiger partial charge in [0.2, 0.25) is 5.75 Å². The number of ether oxygens (including phenoxy) is 1. The standard InChI is InChI=1S/C24H27F3N4O2/c1-6-33-20-19-16(12-31(22(20)32)23(4)10-11-23)21(30-14(3)29-19)28-13(2)15-8-7-9-17(18(15)25)24(5,26)27/h7-9,12-13H,6,10-11H2,1-5H3,(H,28,29,30)/t13-/m1/s1. The number of aryl methyl sites for hydroxylation is 1. The van der Waals surface area contributed by atoms with Crippen LogP contribution in [-0.4, -0.2) is 21.1 Å². The van der Waals surface area contributed by atoms with Crippen LogP contribution in [0.3, 0.4) is 0 Å². The van der Waals surface area contributed by atoms with Gasteiger partial charge in [0.15, 0.2) is 0 Å². The molecule has 3 aromatic rings. The lowest BCUT2D eigenvalue weighted by molar-refractivity contribution is 0.0136. The third-order valence-corrected chi connectivity index (χ3v) is 6.11. The zero-order valence-corrected chi connectivity index (χ0v) is 19.3. The molecule has 1 fully saturated rings. The van der Waals surface area contributed by atoms with Crippen molar-refractivity contribution >= 4 is 16.7 Å². The van der Waals surface area contributed by atoms with Gasteiger partial charge in [0.05, 0.1) is 23.6 Å². The lowest BCUT2D eigenvalue weighted by Crippen LogP contribution is -2.29. The van der Waals surface area contributed by atoms with E-state index >= 15 is 0 Å². The van der Waals surface area contributed by atoms with E-state index in [4.69, 9.17) is 4.74 Å². The second-order valence-corrected chi connectivity index (χ2v) is 8.91. The molecule has 176 valence electrons. The number of benzene rings is 1. The summed E-state index contributed by atoms with van der Waals surface area (Å²) in [5, 5.41) is 3.69. The van der Waals surface area contributed by atoms with Gasteiger partial charge < -0.3 is 14.6 Å². The molecule has 0 amide bonds. The summed E-state index contributed by atoms with van der Waals surface area (Å²) < 4.78 is 50.0. The van der Waals surface area contributed by atoms with Crippen LogP contribution >= 0.6 is 0 Å². The van der Waals surface area contributed by atoms with Crippen LogP contribution in [-0.2, 0) is 11.5 Å². The van der Waals surface area contributed by atoms with E-state index in [0.717, 1.165) is 18.9 Å². The minimum atomic E-state index is -3.31. The maximum Gasteiger partial charge on any atom is 0.295 e. The fourth-order valence-electron chi connectivity index (χ4n) is 3.99. The first-order valence-corrected chi connectivity index (χ1v) is 11.0. The Kier molecular flexibility index (Phi) is 5.62. The fourth-order valence-corrected chi connectivity index (χ4v) is 3.99. The third-order valence-electron chi connectivity index (χ3n) is 6.11. The first-order chi connectivity index (χ1) is 15.5. The molecule has 0 saturated heterocycles. The van der Waals surface area contributed by atoms with Crippen LogP contribution in [0.5, 0.6) is 5.75 Å². The number of aromatic nitrogens is 3. The number of fused-ring (bicyclic) bond motifs is 1. The zero-order valence-electron chi connectivity index (χ0n) is 19.3. The molecule has 1 N–H and O–H groups in total. The Morgan fingerprint density at radius 3 is 2.61 bits per heavy atom. The fraction of sp³-hybridized carbons (Fsp3) is 0.458. The molecule has 0 bridgehead atoms. The zero-order chi connectivity index (χ0) is 24.1. The molecule has 9 heteroatoms. The predicted octanol–water partition coefficient (Wildman–Crippen LogP) is 5.43. The highest BCUT2D eigenvalue weighted by molar-refractivity contribution is 5.92. The van der Waals surface area contributed by atoms with Gasteiger partial charge in [-0.3, -0.25) is 4.79 Å². The van der Waals surface area contributed by atoms with E-state index in [1.165, 1.54) is 12.1 Å². The van der Waals surface area contributed by atoms with Gasteiger partial charge in [0, 0.05) is 24.2 Å². The van der Waals surface area contributed by atoms with Crippen molar-refractivity contribution in [1.29, 1.82) is 0 Å². The molecule has 2 heterocycles. The molecule has 0 aliphatic heterocycles. The highest BCUT2D eigenvalue weighted by atomic mass is 19.3. The number of hydrogen-bond donors (Lipinski definition) is 1. The minimum absolute atomic E-state index is 0.0888. The van der Waals surface area contributed by atoms with Gasteiger partial charge in [-0.25, -0.2) is 23.1 Å². The first-order valence-electron chi connectivity index (χ1n) is 11.0. The Hall–Kier alpha value is -3.10. The SMILES string of the molecule is CCOc1c(=O)n(C2(C)CC2)cc2c(N[C@H](C)c3cccc(C(C)(F)F)c3F)nc(C)nc12. The predicted molar refractivity (Wildman–Crippen MR) is 121 cm³/mol. The van der Waals surface area contributed by atoms with Crippen LogP contribution in [0.25, 0.3) is 10.9 Å². The van der Waals surface area contributed by atoms with Crippen molar-refractivity contribution in [3.63, 3.8) is 0 Å². The maximum absolute atomic E-state index is 14.9. The first kappa shape index (κ1) is 23.1. The molecule has 0 spiro atoms. The smallest absolute Gasteiger partial charge is 0.295 e. The van der Waals surface area contributed by atoms with Crippen molar-refractivity contribution in [3.05, 3.63) is 57.5 Å². The Labute approximate surface area is 189 Å². The quantitative estimate of drug-likeness (QED) is 0.509. The number of pyridine rings is 1. The minimum Gasteiger partial charge on any atom is -0.487 e. The molecule has 1 aliphatic carbocycles. The number of nitrogens with one attached hydrogen (secondary N) is 1. The van der Waals surface area contributed by atoms with E-state index in [1.54, 1.807) is 31.5 Å². The van der Waals surface area contributed by atoms with Gasteiger partial charge >= 0.3 is 0 Å². The largest absolute Gasteiger partial charge is 0.487 e.